The van der Waals surface area contributed by atoms with E-state index in [-0.39, 0.29) is 5.91 Å². The number of benzene rings is 2. The summed E-state index contributed by atoms with van der Waals surface area (Å²) < 4.78 is 11.7. The molecule has 0 atom stereocenters. The third-order valence-corrected chi connectivity index (χ3v) is 6.09. The summed E-state index contributed by atoms with van der Waals surface area (Å²) in [5, 5.41) is 8.89. The number of hydrogen-bond acceptors (Lipinski definition) is 7. The van der Waals surface area contributed by atoms with Crippen LogP contribution in [0.15, 0.2) is 52.9 Å². The Hall–Kier alpha value is -3.10. The summed E-state index contributed by atoms with van der Waals surface area (Å²) in [6, 6.07) is 17.0. The van der Waals surface area contributed by atoms with Crippen molar-refractivity contribution < 1.29 is 13.9 Å². The topological polar surface area (TPSA) is 81.4 Å². The second-order valence-corrected chi connectivity index (χ2v) is 8.70. The predicted octanol–water partition coefficient (Wildman–Crippen LogP) is 4.03. The second-order valence-electron chi connectivity index (χ2n) is 7.58. The summed E-state index contributed by atoms with van der Waals surface area (Å²) in [5.41, 5.74) is 3.64. The molecule has 1 aliphatic rings. The largest absolute Gasteiger partial charge is 0.425 e. The van der Waals surface area contributed by atoms with Crippen molar-refractivity contribution in [1.29, 1.82) is 0 Å². The summed E-state index contributed by atoms with van der Waals surface area (Å²) in [5.74, 6) is 1.36. The summed E-state index contributed by atoms with van der Waals surface area (Å²) >= 11 is 1.69. The maximum Gasteiger partial charge on any atom is 0.223 e. The average Bonchev–Trinajstić information content (AvgIpc) is 3.40. The first-order valence-corrected chi connectivity index (χ1v) is 11.4. The van der Waals surface area contributed by atoms with Crippen LogP contribution >= 0.6 is 11.3 Å². The van der Waals surface area contributed by atoms with Crippen LogP contribution in [0.25, 0.3) is 10.2 Å². The highest BCUT2D eigenvalue weighted by molar-refractivity contribution is 7.18. The molecule has 32 heavy (non-hydrogen) atoms. The van der Waals surface area contributed by atoms with E-state index in [0.29, 0.717) is 31.4 Å². The molecule has 3 heterocycles. The number of amides is 1. The van der Waals surface area contributed by atoms with E-state index >= 15 is 0 Å². The van der Waals surface area contributed by atoms with Crippen molar-refractivity contribution in [2.45, 2.75) is 26.7 Å². The molecule has 1 amide bonds. The molecule has 8 heteroatoms. The number of aromatic nitrogens is 3. The van der Waals surface area contributed by atoms with Gasteiger partial charge in [0.2, 0.25) is 17.7 Å². The van der Waals surface area contributed by atoms with Crippen LogP contribution < -0.4 is 0 Å². The van der Waals surface area contributed by atoms with Gasteiger partial charge in [0.15, 0.2) is 0 Å². The quantitative estimate of drug-likeness (QED) is 0.467. The van der Waals surface area contributed by atoms with Crippen LogP contribution in [0.4, 0.5) is 0 Å². The molecule has 7 nitrogen and oxygen atoms in total. The molecule has 0 aliphatic carbocycles. The van der Waals surface area contributed by atoms with Gasteiger partial charge in [-0.3, -0.25) is 4.79 Å². The maximum atomic E-state index is 10.7. The van der Waals surface area contributed by atoms with Gasteiger partial charge in [-0.2, -0.15) is 0 Å². The number of thiazole rings is 1. The fourth-order valence-electron chi connectivity index (χ4n) is 3.45. The van der Waals surface area contributed by atoms with Gasteiger partial charge in [-0.15, -0.1) is 21.5 Å². The first-order chi connectivity index (χ1) is 15.6. The number of fused-ring (bicyclic) bond motifs is 1. The van der Waals surface area contributed by atoms with Crippen LogP contribution in [0.5, 0.6) is 0 Å². The summed E-state index contributed by atoms with van der Waals surface area (Å²) in [4.78, 5) is 17.1. The Morgan fingerprint density at radius 1 is 1.03 bits per heavy atom. The summed E-state index contributed by atoms with van der Waals surface area (Å²) in [6.45, 7) is 6.29. The number of hydrogen-bond donors (Lipinski definition) is 0. The molecule has 1 aliphatic heterocycles. The minimum Gasteiger partial charge on any atom is -0.425 e. The van der Waals surface area contributed by atoms with Gasteiger partial charge in [0.25, 0.3) is 0 Å². The van der Waals surface area contributed by atoms with E-state index in [1.165, 1.54) is 15.8 Å². The Bertz CT molecular complexity index is 1170. The number of aryl methyl sites for hydroxylation is 1. The molecule has 0 spiro atoms. The van der Waals surface area contributed by atoms with Crippen LogP contribution in [0.2, 0.25) is 0 Å². The van der Waals surface area contributed by atoms with E-state index in [0.717, 1.165) is 30.0 Å². The van der Waals surface area contributed by atoms with Crippen LogP contribution in [-0.2, 0) is 22.4 Å². The first kappa shape index (κ1) is 22.1. The monoisotopic (exact) mass is 450 g/mol. The number of nitrogens with zero attached hydrogens (tertiary/aromatic N) is 4. The van der Waals surface area contributed by atoms with Gasteiger partial charge in [0.1, 0.15) is 5.01 Å². The van der Waals surface area contributed by atoms with E-state index in [2.05, 4.69) is 57.6 Å². The van der Waals surface area contributed by atoms with E-state index in [9.17, 15) is 4.79 Å². The molecule has 4 aromatic rings. The van der Waals surface area contributed by atoms with Gasteiger partial charge >= 0.3 is 0 Å². The zero-order valence-corrected chi connectivity index (χ0v) is 19.1. The molecule has 1 fully saturated rings. The molecule has 2 aromatic heterocycles. The highest BCUT2D eigenvalue weighted by atomic mass is 32.1. The van der Waals surface area contributed by atoms with Gasteiger partial charge in [0.05, 0.1) is 29.9 Å². The number of carbonyl (C=O) groups excluding carboxylic acids is 1. The Labute approximate surface area is 191 Å². The molecular formula is C24H26N4O3S. The van der Waals surface area contributed by atoms with Gasteiger partial charge < -0.3 is 14.1 Å². The molecule has 0 bridgehead atoms. The van der Waals surface area contributed by atoms with E-state index in [4.69, 9.17) is 9.15 Å². The number of ether oxygens (including phenoxy) is 1. The molecule has 0 saturated carbocycles. The lowest BCUT2D eigenvalue weighted by Gasteiger charge is -2.25. The smallest absolute Gasteiger partial charge is 0.223 e. The number of morpholine rings is 1. The fraction of sp³-hybridized carbons (Fsp3) is 0.333. The van der Waals surface area contributed by atoms with Crippen molar-refractivity contribution >= 4 is 27.5 Å². The second kappa shape index (κ2) is 10.5. The van der Waals surface area contributed by atoms with Crippen molar-refractivity contribution in [3.8, 4) is 0 Å². The normalized spacial score (nSPS) is 13.6. The number of rotatable bonds is 4. The van der Waals surface area contributed by atoms with Gasteiger partial charge in [-0.25, -0.2) is 4.98 Å². The summed E-state index contributed by atoms with van der Waals surface area (Å²) in [6.07, 6.45) is 1.53. The Morgan fingerprint density at radius 3 is 2.47 bits per heavy atom. The van der Waals surface area contributed by atoms with E-state index in [1.807, 2.05) is 6.07 Å². The van der Waals surface area contributed by atoms with Gasteiger partial charge in [-0.05, 0) is 29.7 Å². The summed E-state index contributed by atoms with van der Waals surface area (Å²) in [7, 11) is 0. The van der Waals surface area contributed by atoms with Gasteiger partial charge in [0, 0.05) is 26.9 Å². The maximum absolute atomic E-state index is 10.7. The highest BCUT2D eigenvalue weighted by Crippen LogP contribution is 2.25. The molecule has 5 rings (SSSR count). The van der Waals surface area contributed by atoms with Crippen molar-refractivity contribution in [3.05, 3.63) is 76.4 Å². The van der Waals surface area contributed by atoms with Gasteiger partial charge in [-0.1, -0.05) is 36.4 Å². The molecule has 2 aromatic carbocycles. The van der Waals surface area contributed by atoms with Crippen LogP contribution in [0.3, 0.4) is 0 Å². The Kier molecular flexibility index (Phi) is 7.24. The standard InChI is InChI=1S/C18H15N3OS.C6H11NO2/c1-12-20-21-17(22-12)11-18-19-15-8-7-14(10-16(15)23-18)9-13-5-3-2-4-6-13;1-6(8)7-2-4-9-5-3-7/h2-8,10H,9,11H2,1H3;2-5H2,1H3. The lowest BCUT2D eigenvalue weighted by Crippen LogP contribution is -2.39. The zero-order chi connectivity index (χ0) is 22.3. The Balaban J connectivity index is 0.000000230. The molecule has 1 saturated heterocycles. The van der Waals surface area contributed by atoms with E-state index < -0.39 is 0 Å². The average molecular weight is 451 g/mol. The molecule has 0 unspecified atom stereocenters. The van der Waals surface area contributed by atoms with Crippen molar-refractivity contribution in [3.63, 3.8) is 0 Å². The van der Waals surface area contributed by atoms with Crippen LogP contribution in [-0.4, -0.2) is 52.3 Å². The molecule has 166 valence electrons. The zero-order valence-electron chi connectivity index (χ0n) is 18.3. The predicted molar refractivity (Wildman–Crippen MR) is 124 cm³/mol. The fourth-order valence-corrected chi connectivity index (χ4v) is 4.47. The van der Waals surface area contributed by atoms with Crippen molar-refractivity contribution in [1.82, 2.24) is 20.1 Å². The first-order valence-electron chi connectivity index (χ1n) is 10.6. The molecular weight excluding hydrogens is 424 g/mol. The minimum atomic E-state index is 0.151. The van der Waals surface area contributed by atoms with Crippen molar-refractivity contribution in [2.75, 3.05) is 26.3 Å². The lowest BCUT2D eigenvalue weighted by molar-refractivity contribution is -0.132. The van der Waals surface area contributed by atoms with Crippen LogP contribution in [0, 0.1) is 6.92 Å². The highest BCUT2D eigenvalue weighted by Gasteiger charge is 2.11. The minimum absolute atomic E-state index is 0.151. The number of carbonyl (C=O) groups is 1. The third-order valence-electron chi connectivity index (χ3n) is 5.07. The van der Waals surface area contributed by atoms with Crippen molar-refractivity contribution in [2.24, 2.45) is 0 Å². The SMILES string of the molecule is CC(=O)N1CCOCC1.Cc1nnc(Cc2nc3ccc(Cc4ccccc4)cc3s2)o1. The lowest BCUT2D eigenvalue weighted by atomic mass is 10.1. The molecule has 0 radical (unpaired) electrons. The third kappa shape index (κ3) is 5.99. The Morgan fingerprint density at radius 2 is 1.81 bits per heavy atom. The van der Waals surface area contributed by atoms with E-state index in [1.54, 1.807) is 30.1 Å². The van der Waals surface area contributed by atoms with Crippen LogP contribution in [0.1, 0.15) is 34.8 Å². The molecule has 0 N–H and O–H groups in total.